The van der Waals surface area contributed by atoms with Crippen LogP contribution in [0.4, 0.5) is 8.78 Å². The monoisotopic (exact) mass is 278 g/mol. The zero-order valence-corrected chi connectivity index (χ0v) is 9.77. The van der Waals surface area contributed by atoms with Gasteiger partial charge >= 0.3 is 0 Å². The molecule has 1 rings (SSSR count). The highest BCUT2D eigenvalue weighted by molar-refractivity contribution is 9.10. The largest absolute Gasteiger partial charge is 0.496 e. The number of rotatable bonds is 3. The Morgan fingerprint density at radius 1 is 1.47 bits per heavy atom. The molecule has 15 heavy (non-hydrogen) atoms. The lowest BCUT2D eigenvalue weighted by molar-refractivity contribution is 0.101. The van der Waals surface area contributed by atoms with Gasteiger partial charge in [0, 0.05) is 10.0 Å². The highest BCUT2D eigenvalue weighted by Crippen LogP contribution is 2.33. The van der Waals surface area contributed by atoms with Crippen LogP contribution in [0.3, 0.4) is 0 Å². The normalized spacial score (nSPS) is 10.5. The van der Waals surface area contributed by atoms with Crippen LogP contribution < -0.4 is 4.74 Å². The summed E-state index contributed by atoms with van der Waals surface area (Å²) < 4.78 is 30.2. The molecule has 0 aliphatic carbocycles. The molecule has 0 saturated carbocycles. The summed E-state index contributed by atoms with van der Waals surface area (Å²) in [6, 6.07) is 2.52. The summed E-state index contributed by atoms with van der Waals surface area (Å²) in [6.07, 6.45) is -2.62. The fourth-order valence-electron chi connectivity index (χ4n) is 1.18. The summed E-state index contributed by atoms with van der Waals surface area (Å²) in [7, 11) is 1.39. The third-order valence-electron chi connectivity index (χ3n) is 1.93. The van der Waals surface area contributed by atoms with Gasteiger partial charge in [-0.2, -0.15) is 0 Å². The molecule has 0 saturated heterocycles. The molecule has 0 aliphatic heterocycles. The Hall–Kier alpha value is -0.970. The van der Waals surface area contributed by atoms with Gasteiger partial charge in [-0.3, -0.25) is 4.79 Å². The van der Waals surface area contributed by atoms with Crippen molar-refractivity contribution in [3.63, 3.8) is 0 Å². The topological polar surface area (TPSA) is 26.3 Å². The Bertz CT molecular complexity index is 391. The lowest BCUT2D eigenvalue weighted by Crippen LogP contribution is -2.00. The van der Waals surface area contributed by atoms with E-state index in [1.165, 1.54) is 20.1 Å². The first-order valence-corrected chi connectivity index (χ1v) is 4.93. The van der Waals surface area contributed by atoms with Crippen LogP contribution in [0.25, 0.3) is 0 Å². The molecule has 0 spiro atoms. The predicted molar refractivity (Wildman–Crippen MR) is 55.7 cm³/mol. The highest BCUT2D eigenvalue weighted by atomic mass is 79.9. The molecule has 0 aromatic heterocycles. The molecule has 0 unspecified atom stereocenters. The second-order valence-electron chi connectivity index (χ2n) is 2.93. The van der Waals surface area contributed by atoms with E-state index in [4.69, 9.17) is 4.74 Å². The van der Waals surface area contributed by atoms with E-state index < -0.39 is 6.43 Å². The molecule has 0 fully saturated rings. The third kappa shape index (κ3) is 2.53. The number of Topliss-reactive ketones (excluding diaryl/α,β-unsaturated/α-hetero) is 1. The van der Waals surface area contributed by atoms with Crippen molar-refractivity contribution in [3.8, 4) is 5.75 Å². The summed E-state index contributed by atoms with van der Waals surface area (Å²) in [5.41, 5.74) is -0.0444. The minimum atomic E-state index is -2.62. The maximum atomic E-state index is 12.5. The average molecular weight is 279 g/mol. The van der Waals surface area contributed by atoms with Crippen molar-refractivity contribution in [2.45, 2.75) is 13.3 Å². The van der Waals surface area contributed by atoms with Crippen LogP contribution in [0.5, 0.6) is 5.75 Å². The van der Waals surface area contributed by atoms with Crippen LogP contribution in [0.15, 0.2) is 16.6 Å². The number of methoxy groups -OCH3 is 1. The SMILES string of the molecule is COc1cc(Br)c(C(F)F)cc1C(C)=O. The van der Waals surface area contributed by atoms with Crippen molar-refractivity contribution in [1.29, 1.82) is 0 Å². The molecule has 0 heterocycles. The molecule has 0 atom stereocenters. The van der Waals surface area contributed by atoms with E-state index in [9.17, 15) is 13.6 Å². The Balaban J connectivity index is 3.37. The highest BCUT2D eigenvalue weighted by Gasteiger charge is 2.17. The molecule has 0 bridgehead atoms. The first-order chi connectivity index (χ1) is 6.97. The minimum Gasteiger partial charge on any atom is -0.496 e. The number of benzene rings is 1. The second-order valence-corrected chi connectivity index (χ2v) is 3.79. The summed E-state index contributed by atoms with van der Waals surface area (Å²) in [5, 5.41) is 0. The van der Waals surface area contributed by atoms with Crippen LogP contribution in [0.2, 0.25) is 0 Å². The second kappa shape index (κ2) is 4.70. The summed E-state index contributed by atoms with van der Waals surface area (Å²) in [6.45, 7) is 1.31. The molecule has 82 valence electrons. The van der Waals surface area contributed by atoms with Crippen LogP contribution in [-0.4, -0.2) is 12.9 Å². The number of ether oxygens (including phenoxy) is 1. The van der Waals surface area contributed by atoms with Gasteiger partial charge in [0.05, 0.1) is 12.7 Å². The van der Waals surface area contributed by atoms with Gasteiger partial charge in [0.15, 0.2) is 5.78 Å². The van der Waals surface area contributed by atoms with Crippen molar-refractivity contribution in [2.75, 3.05) is 7.11 Å². The molecule has 0 radical (unpaired) electrons. The van der Waals surface area contributed by atoms with Crippen molar-refractivity contribution in [2.24, 2.45) is 0 Å². The molecular formula is C10H9BrF2O2. The number of alkyl halides is 2. The number of hydrogen-bond acceptors (Lipinski definition) is 2. The van der Waals surface area contributed by atoms with Crippen LogP contribution in [0, 0.1) is 0 Å². The van der Waals surface area contributed by atoms with Gasteiger partial charge in [-0.1, -0.05) is 15.9 Å². The molecular weight excluding hydrogens is 270 g/mol. The lowest BCUT2D eigenvalue weighted by atomic mass is 10.1. The van der Waals surface area contributed by atoms with Gasteiger partial charge in [-0.25, -0.2) is 8.78 Å². The molecule has 1 aromatic carbocycles. The predicted octanol–water partition coefficient (Wildman–Crippen LogP) is 3.60. The number of carbonyl (C=O) groups is 1. The zero-order chi connectivity index (χ0) is 11.6. The van der Waals surface area contributed by atoms with E-state index in [-0.39, 0.29) is 21.4 Å². The summed E-state index contributed by atoms with van der Waals surface area (Å²) >= 11 is 3.00. The maximum Gasteiger partial charge on any atom is 0.264 e. The molecule has 1 aromatic rings. The quantitative estimate of drug-likeness (QED) is 0.790. The van der Waals surface area contributed by atoms with E-state index in [0.29, 0.717) is 5.75 Å². The van der Waals surface area contributed by atoms with Gasteiger partial charge in [0.2, 0.25) is 0 Å². The number of halogens is 3. The number of carbonyl (C=O) groups excluding carboxylic acids is 1. The summed E-state index contributed by atoms with van der Waals surface area (Å²) in [5.74, 6) is -0.0139. The van der Waals surface area contributed by atoms with Crippen molar-refractivity contribution in [1.82, 2.24) is 0 Å². The molecule has 0 N–H and O–H groups in total. The van der Waals surface area contributed by atoms with E-state index in [2.05, 4.69) is 15.9 Å². The van der Waals surface area contributed by atoms with Crippen molar-refractivity contribution < 1.29 is 18.3 Å². The van der Waals surface area contributed by atoms with E-state index in [0.717, 1.165) is 6.07 Å². The van der Waals surface area contributed by atoms with Crippen molar-refractivity contribution >= 4 is 21.7 Å². The molecule has 5 heteroatoms. The fourth-order valence-corrected chi connectivity index (χ4v) is 1.68. The first-order valence-electron chi connectivity index (χ1n) is 4.14. The number of ketones is 1. The van der Waals surface area contributed by atoms with Gasteiger partial charge in [-0.15, -0.1) is 0 Å². The summed E-state index contributed by atoms with van der Waals surface area (Å²) in [4.78, 5) is 11.2. The lowest BCUT2D eigenvalue weighted by Gasteiger charge is -2.10. The van der Waals surface area contributed by atoms with Crippen LogP contribution in [-0.2, 0) is 0 Å². The Labute approximate surface area is 94.4 Å². The van der Waals surface area contributed by atoms with E-state index in [1.54, 1.807) is 0 Å². The van der Waals surface area contributed by atoms with Crippen molar-refractivity contribution in [3.05, 3.63) is 27.7 Å². The first kappa shape index (κ1) is 12.1. The third-order valence-corrected chi connectivity index (χ3v) is 2.62. The van der Waals surface area contributed by atoms with Gasteiger partial charge in [-0.05, 0) is 19.1 Å². The Kier molecular flexibility index (Phi) is 3.79. The van der Waals surface area contributed by atoms with Crippen LogP contribution in [0.1, 0.15) is 29.3 Å². The number of hydrogen-bond donors (Lipinski definition) is 0. The Morgan fingerprint density at radius 2 is 2.07 bits per heavy atom. The van der Waals surface area contributed by atoms with E-state index in [1.807, 2.05) is 0 Å². The zero-order valence-electron chi connectivity index (χ0n) is 8.18. The average Bonchev–Trinajstić information content (AvgIpc) is 2.16. The standard InChI is InChI=1S/C10H9BrF2O2/c1-5(14)6-3-7(10(12)13)8(11)4-9(6)15-2/h3-4,10H,1-2H3. The van der Waals surface area contributed by atoms with Gasteiger partial charge in [0.1, 0.15) is 5.75 Å². The fraction of sp³-hybridized carbons (Fsp3) is 0.300. The van der Waals surface area contributed by atoms with E-state index >= 15 is 0 Å². The molecule has 0 aliphatic rings. The van der Waals surface area contributed by atoms with Gasteiger partial charge < -0.3 is 4.74 Å². The molecule has 2 nitrogen and oxygen atoms in total. The minimum absolute atomic E-state index is 0.163. The Morgan fingerprint density at radius 3 is 2.47 bits per heavy atom. The molecule has 0 amide bonds. The maximum absolute atomic E-state index is 12.5. The van der Waals surface area contributed by atoms with Gasteiger partial charge in [0.25, 0.3) is 6.43 Å². The smallest absolute Gasteiger partial charge is 0.264 e. The van der Waals surface area contributed by atoms with Crippen LogP contribution >= 0.6 is 15.9 Å².